The van der Waals surface area contributed by atoms with E-state index in [1.54, 1.807) is 54.5 Å². The van der Waals surface area contributed by atoms with Gasteiger partial charge < -0.3 is 19.2 Å². The van der Waals surface area contributed by atoms with E-state index in [2.05, 4.69) is 25.7 Å². The summed E-state index contributed by atoms with van der Waals surface area (Å²) in [6.07, 6.45) is 5.06. The van der Waals surface area contributed by atoms with Crippen LogP contribution in [0.4, 0.5) is 20.9 Å². The van der Waals surface area contributed by atoms with Crippen molar-refractivity contribution in [2.75, 3.05) is 10.6 Å². The summed E-state index contributed by atoms with van der Waals surface area (Å²) in [7, 11) is 1.81. The molecule has 0 radical (unpaired) electrons. The molecule has 2 amide bonds. The number of carbonyl (C=O) groups excluding carboxylic acids is 1. The SMILES string of the molecule is Cn1cc(-c2cc(Oc3ccc(NC(=O)Nc4nc5ccc(Oc6ccccc6)cc5o4)cc3F)ccn2)cn1. The number of aromatic nitrogens is 4. The van der Waals surface area contributed by atoms with Gasteiger partial charge in [0.2, 0.25) is 0 Å². The number of para-hydroxylation sites is 1. The zero-order valence-corrected chi connectivity index (χ0v) is 21.0. The molecule has 0 saturated heterocycles. The smallest absolute Gasteiger partial charge is 0.327 e. The highest BCUT2D eigenvalue weighted by atomic mass is 19.1. The Labute approximate surface area is 227 Å². The number of amides is 2. The van der Waals surface area contributed by atoms with Crippen LogP contribution in [0.3, 0.4) is 0 Å². The third kappa shape index (κ3) is 5.58. The van der Waals surface area contributed by atoms with E-state index in [-0.39, 0.29) is 17.5 Å². The number of pyridine rings is 1. The normalized spacial score (nSPS) is 10.8. The maximum absolute atomic E-state index is 14.8. The number of nitrogens with zero attached hydrogens (tertiary/aromatic N) is 4. The molecular formula is C29H21FN6O4. The molecule has 3 heterocycles. The number of hydrogen-bond donors (Lipinski definition) is 2. The standard InChI is InChI=1S/C29H21FN6O4/c1-36-17-18(16-32-36)25-14-22(11-12-31-25)39-26-10-7-19(13-23(26)30)33-28(37)35-29-34-24-9-8-21(15-27(24)40-29)38-20-5-3-2-4-6-20/h2-17H,1H3,(H2,33,34,35,37). The molecule has 3 aromatic carbocycles. The fourth-order valence-corrected chi connectivity index (χ4v) is 3.88. The van der Waals surface area contributed by atoms with Gasteiger partial charge in [-0.1, -0.05) is 18.2 Å². The van der Waals surface area contributed by atoms with Crippen molar-refractivity contribution in [3.63, 3.8) is 0 Å². The molecule has 0 saturated carbocycles. The van der Waals surface area contributed by atoms with E-state index in [9.17, 15) is 9.18 Å². The first-order chi connectivity index (χ1) is 19.5. The van der Waals surface area contributed by atoms with Gasteiger partial charge in [-0.2, -0.15) is 10.1 Å². The highest BCUT2D eigenvalue weighted by molar-refractivity contribution is 5.99. The Morgan fingerprint density at radius 2 is 1.77 bits per heavy atom. The van der Waals surface area contributed by atoms with Crippen molar-refractivity contribution < 1.29 is 23.1 Å². The van der Waals surface area contributed by atoms with Crippen LogP contribution in [0.5, 0.6) is 23.0 Å². The van der Waals surface area contributed by atoms with Gasteiger partial charge in [-0.05, 0) is 42.5 Å². The number of benzene rings is 3. The second kappa shape index (κ2) is 10.6. The van der Waals surface area contributed by atoms with Gasteiger partial charge in [0.05, 0.1) is 11.9 Å². The van der Waals surface area contributed by atoms with Crippen molar-refractivity contribution in [3.05, 3.63) is 103 Å². The van der Waals surface area contributed by atoms with Crippen molar-refractivity contribution in [3.8, 4) is 34.3 Å². The third-order valence-electron chi connectivity index (χ3n) is 5.71. The van der Waals surface area contributed by atoms with Crippen LogP contribution in [0.25, 0.3) is 22.4 Å². The lowest BCUT2D eigenvalue weighted by Crippen LogP contribution is -2.19. The molecule has 2 N–H and O–H groups in total. The molecule has 10 nitrogen and oxygen atoms in total. The Balaban J connectivity index is 1.09. The lowest BCUT2D eigenvalue weighted by molar-refractivity contribution is 0.261. The first-order valence-electron chi connectivity index (χ1n) is 12.1. The molecule has 0 fully saturated rings. The molecule has 0 aliphatic carbocycles. The first kappa shape index (κ1) is 24.6. The average Bonchev–Trinajstić information content (AvgIpc) is 3.56. The summed E-state index contributed by atoms with van der Waals surface area (Å²) in [5, 5.41) is 9.19. The Morgan fingerprint density at radius 1 is 0.925 bits per heavy atom. The van der Waals surface area contributed by atoms with E-state index in [1.807, 2.05) is 36.5 Å². The van der Waals surface area contributed by atoms with Gasteiger partial charge in [0.15, 0.2) is 17.1 Å². The number of urea groups is 1. The van der Waals surface area contributed by atoms with Crippen molar-refractivity contribution >= 4 is 28.8 Å². The van der Waals surface area contributed by atoms with E-state index < -0.39 is 11.8 Å². The summed E-state index contributed by atoms with van der Waals surface area (Å²) < 4.78 is 33.6. The van der Waals surface area contributed by atoms with Gasteiger partial charge in [-0.15, -0.1) is 0 Å². The predicted molar refractivity (Wildman–Crippen MR) is 146 cm³/mol. The van der Waals surface area contributed by atoms with E-state index >= 15 is 0 Å². The molecule has 6 aromatic rings. The lowest BCUT2D eigenvalue weighted by atomic mass is 10.2. The minimum absolute atomic E-state index is 0.0122. The van der Waals surface area contributed by atoms with Crippen LogP contribution in [0, 0.1) is 5.82 Å². The van der Waals surface area contributed by atoms with E-state index in [0.717, 1.165) is 11.6 Å². The molecule has 198 valence electrons. The highest BCUT2D eigenvalue weighted by Crippen LogP contribution is 2.30. The van der Waals surface area contributed by atoms with Crippen molar-refractivity contribution in [2.24, 2.45) is 7.05 Å². The van der Waals surface area contributed by atoms with Crippen LogP contribution in [-0.2, 0) is 7.05 Å². The predicted octanol–water partition coefficient (Wildman–Crippen LogP) is 6.99. The molecular weight excluding hydrogens is 515 g/mol. The molecule has 0 bridgehead atoms. The molecule has 3 aromatic heterocycles. The van der Waals surface area contributed by atoms with Crippen LogP contribution in [0.15, 0.2) is 102 Å². The maximum atomic E-state index is 14.8. The Hall–Kier alpha value is -5.71. The molecule has 0 unspecified atom stereocenters. The van der Waals surface area contributed by atoms with E-state index in [1.165, 1.54) is 12.1 Å². The second-order valence-electron chi connectivity index (χ2n) is 8.67. The van der Waals surface area contributed by atoms with Crippen molar-refractivity contribution in [1.29, 1.82) is 0 Å². The number of carbonyl (C=O) groups is 1. The number of nitrogens with one attached hydrogen (secondary N) is 2. The van der Waals surface area contributed by atoms with Crippen molar-refractivity contribution in [2.45, 2.75) is 0 Å². The summed E-state index contributed by atoms with van der Waals surface area (Å²) in [5.74, 6) is 0.966. The summed E-state index contributed by atoms with van der Waals surface area (Å²) >= 11 is 0. The summed E-state index contributed by atoms with van der Waals surface area (Å²) in [6.45, 7) is 0. The number of rotatable bonds is 7. The molecule has 0 aliphatic rings. The number of anilines is 2. The zero-order valence-electron chi connectivity index (χ0n) is 21.0. The van der Waals surface area contributed by atoms with Gasteiger partial charge in [-0.3, -0.25) is 15.0 Å². The number of aryl methyl sites for hydroxylation is 1. The molecule has 0 atom stereocenters. The number of oxazole rings is 1. The summed E-state index contributed by atoms with van der Waals surface area (Å²) in [6, 6.07) is 21.2. The van der Waals surface area contributed by atoms with Crippen LogP contribution in [0.2, 0.25) is 0 Å². The summed E-state index contributed by atoms with van der Waals surface area (Å²) in [4.78, 5) is 21.1. The Bertz CT molecular complexity index is 1820. The number of halogens is 1. The fourth-order valence-electron chi connectivity index (χ4n) is 3.88. The molecule has 0 aliphatic heterocycles. The van der Waals surface area contributed by atoms with Crippen LogP contribution >= 0.6 is 0 Å². The van der Waals surface area contributed by atoms with Gasteiger partial charge >= 0.3 is 12.0 Å². The molecule has 0 spiro atoms. The average molecular weight is 537 g/mol. The Morgan fingerprint density at radius 3 is 2.58 bits per heavy atom. The topological polar surface area (TPSA) is 116 Å². The molecule has 11 heteroatoms. The quantitative estimate of drug-likeness (QED) is 0.226. The zero-order chi connectivity index (χ0) is 27.5. The maximum Gasteiger partial charge on any atom is 0.327 e. The summed E-state index contributed by atoms with van der Waals surface area (Å²) in [5.41, 5.74) is 2.62. The second-order valence-corrected chi connectivity index (χ2v) is 8.67. The van der Waals surface area contributed by atoms with E-state index in [4.69, 9.17) is 13.9 Å². The van der Waals surface area contributed by atoms with E-state index in [0.29, 0.717) is 34.0 Å². The fraction of sp³-hybridized carbons (Fsp3) is 0.0345. The minimum Gasteiger partial charge on any atom is -0.457 e. The molecule has 40 heavy (non-hydrogen) atoms. The first-order valence-corrected chi connectivity index (χ1v) is 12.1. The lowest BCUT2D eigenvalue weighted by Gasteiger charge is -2.10. The Kier molecular flexibility index (Phi) is 6.51. The van der Waals surface area contributed by atoms with Crippen LogP contribution in [-0.4, -0.2) is 25.8 Å². The van der Waals surface area contributed by atoms with Crippen molar-refractivity contribution in [1.82, 2.24) is 19.7 Å². The minimum atomic E-state index is -0.662. The highest BCUT2D eigenvalue weighted by Gasteiger charge is 2.13. The number of ether oxygens (including phenoxy) is 2. The number of hydrogen-bond acceptors (Lipinski definition) is 7. The van der Waals surface area contributed by atoms with Gasteiger partial charge in [0.25, 0.3) is 0 Å². The monoisotopic (exact) mass is 536 g/mol. The van der Waals surface area contributed by atoms with Crippen LogP contribution in [0.1, 0.15) is 0 Å². The third-order valence-corrected chi connectivity index (χ3v) is 5.71. The molecule has 6 rings (SSSR count). The van der Waals surface area contributed by atoms with Gasteiger partial charge in [-0.25, -0.2) is 9.18 Å². The van der Waals surface area contributed by atoms with Gasteiger partial charge in [0, 0.05) is 48.9 Å². The largest absolute Gasteiger partial charge is 0.457 e. The van der Waals surface area contributed by atoms with Gasteiger partial charge in [0.1, 0.15) is 22.8 Å². The van der Waals surface area contributed by atoms with Crippen LogP contribution < -0.4 is 20.1 Å². The number of fused-ring (bicyclic) bond motifs is 1.